The number of terminal acetylenes is 1. The molecular weight excluding hydrogens is 194 g/mol. The monoisotopic (exact) mass is 209 g/mol. The van der Waals surface area contributed by atoms with Gasteiger partial charge in [0.2, 0.25) is 0 Å². The van der Waals surface area contributed by atoms with Crippen LogP contribution in [-0.2, 0) is 9.59 Å². The standard InChI is InChI=1S/C11H15NO3/c1-3-8-5-6-12(10(13)4-2)9(7-8)11(14)15/h2,8-9H,3,5-7H2,1H3,(H,14,15). The van der Waals surface area contributed by atoms with Crippen molar-refractivity contribution in [2.45, 2.75) is 32.2 Å². The van der Waals surface area contributed by atoms with E-state index >= 15 is 0 Å². The average molecular weight is 209 g/mol. The zero-order valence-corrected chi connectivity index (χ0v) is 8.77. The van der Waals surface area contributed by atoms with E-state index in [1.807, 2.05) is 12.8 Å². The molecule has 1 N–H and O–H groups in total. The van der Waals surface area contributed by atoms with Crippen LogP contribution in [0.4, 0.5) is 0 Å². The molecule has 2 unspecified atom stereocenters. The first-order chi connectivity index (χ1) is 7.10. The summed E-state index contributed by atoms with van der Waals surface area (Å²) >= 11 is 0. The molecule has 0 aromatic carbocycles. The number of hydrogen-bond donors (Lipinski definition) is 1. The third-order valence-corrected chi connectivity index (χ3v) is 2.96. The number of nitrogens with zero attached hydrogens (tertiary/aromatic N) is 1. The summed E-state index contributed by atoms with van der Waals surface area (Å²) < 4.78 is 0. The summed E-state index contributed by atoms with van der Waals surface area (Å²) in [5, 5.41) is 9.00. The number of rotatable bonds is 2. The Kier molecular flexibility index (Phi) is 3.73. The van der Waals surface area contributed by atoms with Crippen LogP contribution in [0.1, 0.15) is 26.2 Å². The molecule has 1 heterocycles. The Hall–Kier alpha value is -1.50. The molecule has 0 radical (unpaired) electrons. The van der Waals surface area contributed by atoms with Crippen molar-refractivity contribution in [1.29, 1.82) is 0 Å². The number of carboxylic acids is 1. The Bertz CT molecular complexity index is 305. The molecule has 4 nitrogen and oxygen atoms in total. The van der Waals surface area contributed by atoms with Gasteiger partial charge in [-0.15, -0.1) is 6.42 Å². The number of aliphatic carboxylic acids is 1. The third kappa shape index (κ3) is 2.50. The SMILES string of the molecule is C#CC(=O)N1CCC(CC)CC1C(=O)O. The topological polar surface area (TPSA) is 57.6 Å². The first-order valence-electron chi connectivity index (χ1n) is 5.10. The van der Waals surface area contributed by atoms with Gasteiger partial charge < -0.3 is 10.0 Å². The van der Waals surface area contributed by atoms with E-state index < -0.39 is 17.9 Å². The molecule has 0 aliphatic carbocycles. The van der Waals surface area contributed by atoms with E-state index in [9.17, 15) is 9.59 Å². The highest BCUT2D eigenvalue weighted by atomic mass is 16.4. The van der Waals surface area contributed by atoms with Gasteiger partial charge in [0, 0.05) is 6.54 Å². The summed E-state index contributed by atoms with van der Waals surface area (Å²) in [5.41, 5.74) is 0. The Morgan fingerprint density at radius 1 is 1.60 bits per heavy atom. The predicted octanol–water partition coefficient (Wildman–Crippen LogP) is 0.721. The molecule has 0 aromatic heterocycles. The van der Waals surface area contributed by atoms with Crippen molar-refractivity contribution in [1.82, 2.24) is 4.90 Å². The molecule has 0 bridgehead atoms. The molecule has 1 saturated heterocycles. The van der Waals surface area contributed by atoms with Crippen molar-refractivity contribution in [2.75, 3.05) is 6.54 Å². The molecule has 0 saturated carbocycles. The van der Waals surface area contributed by atoms with E-state index in [2.05, 4.69) is 0 Å². The van der Waals surface area contributed by atoms with Crippen molar-refractivity contribution in [3.05, 3.63) is 0 Å². The number of hydrogen-bond acceptors (Lipinski definition) is 2. The Morgan fingerprint density at radius 3 is 2.73 bits per heavy atom. The lowest BCUT2D eigenvalue weighted by atomic mass is 9.89. The number of carboxylic acid groups (broad SMARTS) is 1. The molecular formula is C11H15NO3. The Morgan fingerprint density at radius 2 is 2.27 bits per heavy atom. The highest BCUT2D eigenvalue weighted by Gasteiger charge is 2.34. The van der Waals surface area contributed by atoms with E-state index in [4.69, 9.17) is 11.5 Å². The van der Waals surface area contributed by atoms with Gasteiger partial charge >= 0.3 is 5.97 Å². The number of carbonyl (C=O) groups excluding carboxylic acids is 1. The number of carbonyl (C=O) groups is 2. The minimum Gasteiger partial charge on any atom is -0.480 e. The van der Waals surface area contributed by atoms with Crippen LogP contribution in [0.2, 0.25) is 0 Å². The van der Waals surface area contributed by atoms with E-state index in [-0.39, 0.29) is 0 Å². The summed E-state index contributed by atoms with van der Waals surface area (Å²) in [6, 6.07) is -0.743. The fourth-order valence-electron chi connectivity index (χ4n) is 1.97. The molecule has 1 amide bonds. The number of piperidine rings is 1. The molecule has 15 heavy (non-hydrogen) atoms. The fraction of sp³-hybridized carbons (Fsp3) is 0.636. The van der Waals surface area contributed by atoms with Gasteiger partial charge in [0.15, 0.2) is 0 Å². The molecule has 4 heteroatoms. The van der Waals surface area contributed by atoms with Crippen LogP contribution in [0.15, 0.2) is 0 Å². The molecule has 1 fully saturated rings. The van der Waals surface area contributed by atoms with Crippen LogP contribution in [0.25, 0.3) is 0 Å². The number of amides is 1. The Balaban J connectivity index is 2.77. The summed E-state index contributed by atoms with van der Waals surface area (Å²) in [7, 11) is 0. The van der Waals surface area contributed by atoms with Crippen LogP contribution in [0.5, 0.6) is 0 Å². The zero-order valence-electron chi connectivity index (χ0n) is 8.77. The van der Waals surface area contributed by atoms with E-state index in [1.54, 1.807) is 0 Å². The van der Waals surface area contributed by atoms with Gasteiger partial charge in [0.05, 0.1) is 0 Å². The summed E-state index contributed by atoms with van der Waals surface area (Å²) in [5.74, 6) is 0.880. The molecule has 0 aromatic rings. The third-order valence-electron chi connectivity index (χ3n) is 2.96. The first kappa shape index (κ1) is 11.6. The van der Waals surface area contributed by atoms with Gasteiger partial charge in [-0.05, 0) is 24.7 Å². The van der Waals surface area contributed by atoms with Crippen molar-refractivity contribution < 1.29 is 14.7 Å². The largest absolute Gasteiger partial charge is 0.480 e. The predicted molar refractivity (Wildman–Crippen MR) is 55.0 cm³/mol. The summed E-state index contributed by atoms with van der Waals surface area (Å²) in [6.07, 6.45) is 7.30. The van der Waals surface area contributed by atoms with Gasteiger partial charge in [-0.1, -0.05) is 13.3 Å². The first-order valence-corrected chi connectivity index (χ1v) is 5.10. The van der Waals surface area contributed by atoms with Crippen molar-refractivity contribution in [3.63, 3.8) is 0 Å². The number of likely N-dealkylation sites (tertiary alicyclic amines) is 1. The minimum atomic E-state index is -0.961. The van der Waals surface area contributed by atoms with E-state index in [0.717, 1.165) is 12.8 Å². The second-order valence-corrected chi connectivity index (χ2v) is 3.80. The lowest BCUT2D eigenvalue weighted by molar-refractivity contribution is -0.150. The Labute approximate surface area is 89.3 Å². The van der Waals surface area contributed by atoms with Gasteiger partial charge in [-0.25, -0.2) is 4.79 Å². The van der Waals surface area contributed by atoms with Crippen molar-refractivity contribution in [3.8, 4) is 12.3 Å². The maximum atomic E-state index is 11.3. The minimum absolute atomic E-state index is 0.382. The maximum absolute atomic E-state index is 11.3. The van der Waals surface area contributed by atoms with Crippen LogP contribution >= 0.6 is 0 Å². The highest BCUT2D eigenvalue weighted by molar-refractivity contribution is 5.95. The molecule has 0 spiro atoms. The maximum Gasteiger partial charge on any atom is 0.326 e. The summed E-state index contributed by atoms with van der Waals surface area (Å²) in [6.45, 7) is 2.49. The summed E-state index contributed by atoms with van der Waals surface area (Å²) in [4.78, 5) is 23.6. The van der Waals surface area contributed by atoms with Gasteiger partial charge in [0.25, 0.3) is 5.91 Å². The molecule has 1 aliphatic rings. The second kappa shape index (κ2) is 4.83. The molecule has 1 rings (SSSR count). The fourth-order valence-corrected chi connectivity index (χ4v) is 1.97. The molecule has 2 atom stereocenters. The second-order valence-electron chi connectivity index (χ2n) is 3.80. The van der Waals surface area contributed by atoms with Crippen molar-refractivity contribution >= 4 is 11.9 Å². The quantitative estimate of drug-likeness (QED) is 0.682. The van der Waals surface area contributed by atoms with Gasteiger partial charge in [-0.3, -0.25) is 4.79 Å². The van der Waals surface area contributed by atoms with Gasteiger partial charge in [0.1, 0.15) is 6.04 Å². The lowest BCUT2D eigenvalue weighted by Crippen LogP contribution is -2.49. The smallest absolute Gasteiger partial charge is 0.326 e. The van der Waals surface area contributed by atoms with Gasteiger partial charge in [-0.2, -0.15) is 0 Å². The zero-order chi connectivity index (χ0) is 11.4. The van der Waals surface area contributed by atoms with Crippen LogP contribution in [0.3, 0.4) is 0 Å². The molecule has 1 aliphatic heterocycles. The van der Waals surface area contributed by atoms with Crippen LogP contribution in [0, 0.1) is 18.3 Å². The van der Waals surface area contributed by atoms with E-state index in [0.29, 0.717) is 18.9 Å². The molecule has 82 valence electrons. The van der Waals surface area contributed by atoms with Crippen LogP contribution < -0.4 is 0 Å². The normalized spacial score (nSPS) is 25.7. The highest BCUT2D eigenvalue weighted by Crippen LogP contribution is 2.25. The van der Waals surface area contributed by atoms with Crippen LogP contribution in [-0.4, -0.2) is 34.5 Å². The average Bonchev–Trinajstić information content (AvgIpc) is 2.27. The van der Waals surface area contributed by atoms with E-state index in [1.165, 1.54) is 4.90 Å². The van der Waals surface area contributed by atoms with Crippen molar-refractivity contribution in [2.24, 2.45) is 5.92 Å². The lowest BCUT2D eigenvalue weighted by Gasteiger charge is -2.35.